The van der Waals surface area contributed by atoms with Gasteiger partial charge in [0.25, 0.3) is 11.5 Å². The zero-order valence-corrected chi connectivity index (χ0v) is 16.7. The third-order valence-corrected chi connectivity index (χ3v) is 6.02. The number of nitrogens with one attached hydrogen (secondary N) is 2. The minimum atomic E-state index is -0.186. The lowest BCUT2D eigenvalue weighted by Crippen LogP contribution is -2.34. The van der Waals surface area contributed by atoms with Crippen LogP contribution in [-0.4, -0.2) is 49.1 Å². The van der Waals surface area contributed by atoms with Crippen molar-refractivity contribution in [3.63, 3.8) is 0 Å². The molecule has 0 aliphatic carbocycles. The topological polar surface area (TPSA) is 74.4 Å². The molecule has 0 aliphatic rings. The van der Waals surface area contributed by atoms with Crippen LogP contribution in [0.25, 0.3) is 21.0 Å². The Hall–Kier alpha value is -2.22. The van der Waals surface area contributed by atoms with Crippen LogP contribution in [0.1, 0.15) is 29.1 Å². The molecule has 3 rings (SSSR count). The van der Waals surface area contributed by atoms with Crippen molar-refractivity contribution in [1.82, 2.24) is 15.2 Å². The van der Waals surface area contributed by atoms with Crippen molar-refractivity contribution < 1.29 is 9.53 Å². The van der Waals surface area contributed by atoms with Crippen LogP contribution in [0.2, 0.25) is 0 Å². The van der Waals surface area contributed by atoms with Crippen LogP contribution in [0.4, 0.5) is 0 Å². The van der Waals surface area contributed by atoms with Gasteiger partial charge in [-0.25, -0.2) is 0 Å². The van der Waals surface area contributed by atoms with Crippen LogP contribution < -0.4 is 10.9 Å². The summed E-state index contributed by atoms with van der Waals surface area (Å²) in [6.45, 7) is 7.69. The second kappa shape index (κ2) is 8.65. The van der Waals surface area contributed by atoms with E-state index < -0.39 is 0 Å². The first kappa shape index (κ1) is 19.5. The van der Waals surface area contributed by atoms with E-state index in [1.54, 1.807) is 7.11 Å². The number of para-hydroxylation sites is 1. The molecule has 6 nitrogen and oxygen atoms in total. The van der Waals surface area contributed by atoms with Gasteiger partial charge in [0.1, 0.15) is 0 Å². The van der Waals surface area contributed by atoms with Crippen LogP contribution in [0.3, 0.4) is 0 Å². The van der Waals surface area contributed by atoms with E-state index >= 15 is 0 Å². The number of fused-ring (bicyclic) bond motifs is 3. The lowest BCUT2D eigenvalue weighted by Gasteiger charge is -2.17. The van der Waals surface area contributed by atoms with Gasteiger partial charge in [-0.2, -0.15) is 0 Å². The van der Waals surface area contributed by atoms with Crippen LogP contribution in [-0.2, 0) is 11.3 Å². The van der Waals surface area contributed by atoms with Gasteiger partial charge in [-0.1, -0.05) is 32.0 Å². The predicted octanol–water partition coefficient (Wildman–Crippen LogP) is 2.96. The molecular weight excluding hydrogens is 362 g/mol. The molecule has 2 heterocycles. The third-order valence-electron chi connectivity index (χ3n) is 4.76. The van der Waals surface area contributed by atoms with Gasteiger partial charge in [-0.15, -0.1) is 11.3 Å². The van der Waals surface area contributed by atoms with E-state index in [0.717, 1.165) is 35.2 Å². The summed E-state index contributed by atoms with van der Waals surface area (Å²) in [5.41, 5.74) is 1.24. The highest BCUT2D eigenvalue weighted by molar-refractivity contribution is 7.22. The summed E-state index contributed by atoms with van der Waals surface area (Å²) in [4.78, 5) is 31.2. The quantitative estimate of drug-likeness (QED) is 0.623. The maximum atomic E-state index is 12.8. The number of carbonyl (C=O) groups is 1. The number of ether oxygens (including phenoxy) is 1. The molecule has 7 heteroatoms. The third kappa shape index (κ3) is 3.90. The fraction of sp³-hybridized carbons (Fsp3) is 0.400. The molecule has 0 atom stereocenters. The largest absolute Gasteiger partial charge is 0.380 e. The number of nitrogens with zero attached hydrogens (tertiary/aromatic N) is 1. The second-order valence-electron chi connectivity index (χ2n) is 6.33. The lowest BCUT2D eigenvalue weighted by molar-refractivity contribution is 0.0948. The maximum absolute atomic E-state index is 12.8. The summed E-state index contributed by atoms with van der Waals surface area (Å²) in [5.74, 6) is -0.154. The summed E-state index contributed by atoms with van der Waals surface area (Å²) in [6, 6.07) is 7.65. The first-order valence-electron chi connectivity index (χ1n) is 9.16. The monoisotopic (exact) mass is 387 g/mol. The molecule has 2 aromatic heterocycles. The molecule has 2 N–H and O–H groups in total. The molecule has 0 spiro atoms. The molecule has 27 heavy (non-hydrogen) atoms. The van der Waals surface area contributed by atoms with Crippen LogP contribution in [0.15, 0.2) is 29.1 Å². The summed E-state index contributed by atoms with van der Waals surface area (Å²) in [7, 11) is 1.57. The molecule has 3 aromatic rings. The van der Waals surface area contributed by atoms with E-state index in [2.05, 4.69) is 29.0 Å². The van der Waals surface area contributed by atoms with Crippen molar-refractivity contribution >= 4 is 38.2 Å². The zero-order valence-electron chi connectivity index (χ0n) is 15.9. The Bertz CT molecular complexity index is 1000. The molecule has 1 amide bonds. The van der Waals surface area contributed by atoms with Gasteiger partial charge < -0.3 is 19.9 Å². The first-order valence-corrected chi connectivity index (χ1v) is 9.98. The van der Waals surface area contributed by atoms with Crippen molar-refractivity contribution in [3.05, 3.63) is 45.1 Å². The van der Waals surface area contributed by atoms with Crippen molar-refractivity contribution in [2.45, 2.75) is 20.5 Å². The zero-order chi connectivity index (χ0) is 19.4. The van der Waals surface area contributed by atoms with Crippen molar-refractivity contribution in [2.75, 3.05) is 33.3 Å². The van der Waals surface area contributed by atoms with Gasteiger partial charge in [0, 0.05) is 36.7 Å². The number of amides is 1. The molecular formula is C20H25N3O3S. The Morgan fingerprint density at radius 1 is 1.26 bits per heavy atom. The highest BCUT2D eigenvalue weighted by atomic mass is 32.1. The summed E-state index contributed by atoms with van der Waals surface area (Å²) in [6.07, 6.45) is 0. The van der Waals surface area contributed by atoms with E-state index in [-0.39, 0.29) is 18.1 Å². The molecule has 144 valence electrons. The predicted molar refractivity (Wildman–Crippen MR) is 111 cm³/mol. The Balaban J connectivity index is 2.00. The minimum absolute atomic E-state index is 0.154. The number of hydrogen-bond acceptors (Lipinski definition) is 5. The normalized spacial score (nSPS) is 11.6. The standard InChI is InChI=1S/C20H25N3O3S/c1-4-23(5-2)11-10-21-20(25)18-14(12-26-3)16-17(27-18)13-8-6-7-9-15(13)22-19(16)24/h6-9H,4-5,10-12H2,1-3H3,(H,21,25)(H,22,24). The SMILES string of the molecule is CCN(CC)CCNC(=O)c1sc2c(c1COC)c(=O)[nH]c1ccccc12. The Morgan fingerprint density at radius 2 is 2.00 bits per heavy atom. The number of H-pyrrole nitrogens is 1. The molecule has 0 saturated carbocycles. The van der Waals surface area contributed by atoms with E-state index in [4.69, 9.17) is 4.74 Å². The Morgan fingerprint density at radius 3 is 2.70 bits per heavy atom. The molecule has 1 aromatic carbocycles. The number of pyridine rings is 1. The van der Waals surface area contributed by atoms with Gasteiger partial charge in [0.15, 0.2) is 0 Å². The van der Waals surface area contributed by atoms with Gasteiger partial charge in [0.2, 0.25) is 0 Å². The number of hydrogen-bond donors (Lipinski definition) is 2. The van der Waals surface area contributed by atoms with Gasteiger partial charge >= 0.3 is 0 Å². The van der Waals surface area contributed by atoms with Crippen molar-refractivity contribution in [2.24, 2.45) is 0 Å². The highest BCUT2D eigenvalue weighted by Gasteiger charge is 2.22. The van der Waals surface area contributed by atoms with Gasteiger partial charge in [0.05, 0.1) is 21.6 Å². The van der Waals surface area contributed by atoms with Crippen LogP contribution >= 0.6 is 11.3 Å². The number of thiophene rings is 1. The number of benzene rings is 1. The average Bonchev–Trinajstić information content (AvgIpc) is 3.06. The van der Waals surface area contributed by atoms with E-state index in [1.165, 1.54) is 11.3 Å². The van der Waals surface area contributed by atoms with E-state index in [0.29, 0.717) is 22.4 Å². The molecule has 0 unspecified atom stereocenters. The van der Waals surface area contributed by atoms with Crippen LogP contribution in [0.5, 0.6) is 0 Å². The highest BCUT2D eigenvalue weighted by Crippen LogP contribution is 2.34. The molecule has 0 bridgehead atoms. The molecule has 0 aliphatic heterocycles. The Kier molecular flexibility index (Phi) is 6.26. The molecule has 0 saturated heterocycles. The summed E-state index contributed by atoms with van der Waals surface area (Å²) in [5, 5.41) is 4.48. The molecule has 0 fully saturated rings. The maximum Gasteiger partial charge on any atom is 0.261 e. The number of carbonyl (C=O) groups excluding carboxylic acids is 1. The number of rotatable bonds is 8. The minimum Gasteiger partial charge on any atom is -0.380 e. The van der Waals surface area contributed by atoms with Crippen LogP contribution in [0, 0.1) is 0 Å². The smallest absolute Gasteiger partial charge is 0.261 e. The summed E-state index contributed by atoms with van der Waals surface area (Å²) >= 11 is 1.36. The fourth-order valence-corrected chi connectivity index (χ4v) is 4.54. The van der Waals surface area contributed by atoms with E-state index in [1.807, 2.05) is 24.3 Å². The van der Waals surface area contributed by atoms with Gasteiger partial charge in [-0.05, 0) is 19.2 Å². The lowest BCUT2D eigenvalue weighted by atomic mass is 10.1. The summed E-state index contributed by atoms with van der Waals surface area (Å²) < 4.78 is 6.12. The van der Waals surface area contributed by atoms with Crippen molar-refractivity contribution in [3.8, 4) is 0 Å². The van der Waals surface area contributed by atoms with Crippen molar-refractivity contribution in [1.29, 1.82) is 0 Å². The fourth-order valence-electron chi connectivity index (χ4n) is 3.28. The van der Waals surface area contributed by atoms with Gasteiger partial charge in [-0.3, -0.25) is 9.59 Å². The first-order chi connectivity index (χ1) is 13.1. The second-order valence-corrected chi connectivity index (χ2v) is 7.35. The number of aromatic nitrogens is 1. The Labute approximate surface area is 162 Å². The van der Waals surface area contributed by atoms with E-state index in [9.17, 15) is 9.59 Å². The number of aromatic amines is 1. The molecule has 0 radical (unpaired) electrons. The number of likely N-dealkylation sites (N-methyl/N-ethyl adjacent to an activating group) is 1. The number of methoxy groups -OCH3 is 1. The average molecular weight is 388 g/mol.